The number of carbonyl (C=O) groups is 2. The number of hydrogen-bond donors (Lipinski definition) is 2. The molecule has 2 aliphatic heterocycles. The number of amides is 3. The second-order valence-corrected chi connectivity index (χ2v) is 7.63. The number of allylic oxidation sites excluding steroid dienone is 1. The normalized spacial score (nSPS) is 23.3. The Balaban J connectivity index is 1.50. The summed E-state index contributed by atoms with van der Waals surface area (Å²) in [5, 5.41) is 12.6. The summed E-state index contributed by atoms with van der Waals surface area (Å²) in [6.45, 7) is 2.16. The van der Waals surface area contributed by atoms with E-state index in [0.29, 0.717) is 12.2 Å². The third-order valence-corrected chi connectivity index (χ3v) is 5.82. The van der Waals surface area contributed by atoms with Gasteiger partial charge in [-0.15, -0.1) is 0 Å². The third-order valence-electron chi connectivity index (χ3n) is 5.82. The highest BCUT2D eigenvalue weighted by molar-refractivity contribution is 5.93. The lowest BCUT2D eigenvalue weighted by Crippen LogP contribution is -2.73. The average molecular weight is 409 g/mol. The quantitative estimate of drug-likeness (QED) is 0.815. The van der Waals surface area contributed by atoms with Crippen molar-refractivity contribution in [3.05, 3.63) is 71.6 Å². The largest absolute Gasteiger partial charge is 0.394 e. The van der Waals surface area contributed by atoms with Crippen LogP contribution in [-0.4, -0.2) is 58.6 Å². The molecule has 0 unspecified atom stereocenters. The number of nitrogens with zero attached hydrogens (tertiary/aromatic N) is 2. The number of halogens is 1. The summed E-state index contributed by atoms with van der Waals surface area (Å²) in [7, 11) is 0. The van der Waals surface area contributed by atoms with Gasteiger partial charge >= 0.3 is 6.03 Å². The summed E-state index contributed by atoms with van der Waals surface area (Å²) in [6, 6.07) is 12.7. The summed E-state index contributed by atoms with van der Waals surface area (Å²) in [5.74, 6) is -0.606. The highest BCUT2D eigenvalue weighted by atomic mass is 19.1. The van der Waals surface area contributed by atoms with Crippen LogP contribution in [0.1, 0.15) is 24.0 Å². The second kappa shape index (κ2) is 8.28. The molecule has 3 amide bonds. The topological polar surface area (TPSA) is 72.9 Å². The third kappa shape index (κ3) is 3.68. The summed E-state index contributed by atoms with van der Waals surface area (Å²) in [6.07, 6.45) is 3.97. The number of carbonyl (C=O) groups excluding carboxylic acids is 2. The fraction of sp³-hybridized carbons (Fsp3) is 0.304. The van der Waals surface area contributed by atoms with Crippen molar-refractivity contribution in [3.63, 3.8) is 0 Å². The first-order valence-corrected chi connectivity index (χ1v) is 9.98. The molecule has 30 heavy (non-hydrogen) atoms. The number of urea groups is 1. The molecule has 0 radical (unpaired) electrons. The minimum absolute atomic E-state index is 0.0416. The number of aliphatic hydroxyl groups excluding tert-OH is 1. The number of aliphatic hydroxyl groups is 1. The summed E-state index contributed by atoms with van der Waals surface area (Å²) < 4.78 is 13.1. The van der Waals surface area contributed by atoms with Crippen LogP contribution in [-0.2, 0) is 4.79 Å². The SMILES string of the molecule is C/C=C/c1ccc([C@H]2[C@H]3CN(C(=O)Nc4ccc(F)cc4)CC(=O)N3[C@H]2CO)cc1. The first-order valence-electron chi connectivity index (χ1n) is 9.98. The van der Waals surface area contributed by atoms with Crippen LogP contribution in [0.4, 0.5) is 14.9 Å². The Hall–Kier alpha value is -3.19. The van der Waals surface area contributed by atoms with E-state index in [1.807, 2.05) is 43.3 Å². The Kier molecular flexibility index (Phi) is 5.55. The lowest BCUT2D eigenvalue weighted by atomic mass is 9.73. The van der Waals surface area contributed by atoms with E-state index < -0.39 is 6.03 Å². The van der Waals surface area contributed by atoms with Gasteiger partial charge in [-0.2, -0.15) is 0 Å². The molecule has 0 aromatic heterocycles. The van der Waals surface area contributed by atoms with Crippen LogP contribution in [0, 0.1) is 5.82 Å². The van der Waals surface area contributed by atoms with Crippen molar-refractivity contribution in [1.82, 2.24) is 9.80 Å². The van der Waals surface area contributed by atoms with Gasteiger partial charge in [0.25, 0.3) is 0 Å². The number of hydrogen-bond acceptors (Lipinski definition) is 3. The van der Waals surface area contributed by atoms with Gasteiger partial charge in [0, 0.05) is 18.2 Å². The van der Waals surface area contributed by atoms with Gasteiger partial charge in [-0.05, 0) is 42.3 Å². The molecule has 0 bridgehead atoms. The summed E-state index contributed by atoms with van der Waals surface area (Å²) in [5.41, 5.74) is 2.59. The van der Waals surface area contributed by atoms with E-state index in [1.165, 1.54) is 29.2 Å². The predicted octanol–water partition coefficient (Wildman–Crippen LogP) is 3.06. The Bertz CT molecular complexity index is 959. The molecule has 0 spiro atoms. The highest BCUT2D eigenvalue weighted by Gasteiger charge is 2.54. The zero-order chi connectivity index (χ0) is 21.3. The number of anilines is 1. The molecule has 2 saturated heterocycles. The van der Waals surface area contributed by atoms with Crippen LogP contribution >= 0.6 is 0 Å². The van der Waals surface area contributed by atoms with E-state index in [2.05, 4.69) is 5.32 Å². The zero-order valence-corrected chi connectivity index (χ0v) is 16.7. The van der Waals surface area contributed by atoms with Crippen molar-refractivity contribution in [2.45, 2.75) is 24.9 Å². The van der Waals surface area contributed by atoms with Crippen LogP contribution in [0.2, 0.25) is 0 Å². The van der Waals surface area contributed by atoms with Gasteiger partial charge in [0.15, 0.2) is 0 Å². The molecule has 2 N–H and O–H groups in total. The highest BCUT2D eigenvalue weighted by Crippen LogP contribution is 2.43. The maximum atomic E-state index is 13.1. The van der Waals surface area contributed by atoms with Gasteiger partial charge in [0.1, 0.15) is 12.4 Å². The smallest absolute Gasteiger partial charge is 0.322 e. The van der Waals surface area contributed by atoms with Gasteiger partial charge < -0.3 is 20.2 Å². The van der Waals surface area contributed by atoms with Crippen molar-refractivity contribution in [2.24, 2.45) is 0 Å². The van der Waals surface area contributed by atoms with E-state index in [0.717, 1.165) is 11.1 Å². The molecular weight excluding hydrogens is 385 g/mol. The number of rotatable bonds is 4. The lowest BCUT2D eigenvalue weighted by Gasteiger charge is -2.58. The minimum Gasteiger partial charge on any atom is -0.394 e. The molecule has 3 atom stereocenters. The van der Waals surface area contributed by atoms with E-state index in [-0.39, 0.29) is 42.9 Å². The Morgan fingerprint density at radius 3 is 2.53 bits per heavy atom. The molecule has 0 saturated carbocycles. The molecule has 2 aliphatic rings. The fourth-order valence-electron chi connectivity index (χ4n) is 4.41. The summed E-state index contributed by atoms with van der Waals surface area (Å²) in [4.78, 5) is 28.5. The van der Waals surface area contributed by atoms with Crippen LogP contribution in [0.5, 0.6) is 0 Å². The first-order chi connectivity index (χ1) is 14.5. The summed E-state index contributed by atoms with van der Waals surface area (Å²) >= 11 is 0. The van der Waals surface area contributed by atoms with Crippen LogP contribution in [0.3, 0.4) is 0 Å². The van der Waals surface area contributed by atoms with Crippen molar-refractivity contribution in [3.8, 4) is 0 Å². The lowest BCUT2D eigenvalue weighted by molar-refractivity contribution is -0.159. The number of nitrogens with one attached hydrogen (secondary N) is 1. The van der Waals surface area contributed by atoms with Gasteiger partial charge in [-0.3, -0.25) is 4.79 Å². The molecule has 2 fully saturated rings. The molecule has 2 heterocycles. The van der Waals surface area contributed by atoms with Gasteiger partial charge in [-0.25, -0.2) is 9.18 Å². The fourth-order valence-corrected chi connectivity index (χ4v) is 4.41. The maximum absolute atomic E-state index is 13.1. The second-order valence-electron chi connectivity index (χ2n) is 7.63. The van der Waals surface area contributed by atoms with Gasteiger partial charge in [0.2, 0.25) is 5.91 Å². The molecule has 2 aromatic carbocycles. The van der Waals surface area contributed by atoms with E-state index in [1.54, 1.807) is 4.90 Å². The molecule has 7 heteroatoms. The Morgan fingerprint density at radius 1 is 1.20 bits per heavy atom. The van der Waals surface area contributed by atoms with Crippen molar-refractivity contribution in [2.75, 3.05) is 25.0 Å². The van der Waals surface area contributed by atoms with Crippen LogP contribution in [0.15, 0.2) is 54.6 Å². The monoisotopic (exact) mass is 409 g/mol. The first kappa shape index (κ1) is 20.1. The molecular formula is C23H24FN3O3. The molecule has 4 rings (SSSR count). The van der Waals surface area contributed by atoms with Gasteiger partial charge in [0.05, 0.1) is 18.7 Å². The van der Waals surface area contributed by atoms with Crippen molar-refractivity contribution >= 4 is 23.7 Å². The Morgan fingerprint density at radius 2 is 1.90 bits per heavy atom. The zero-order valence-electron chi connectivity index (χ0n) is 16.7. The van der Waals surface area contributed by atoms with Gasteiger partial charge in [-0.1, -0.05) is 36.4 Å². The van der Waals surface area contributed by atoms with E-state index in [9.17, 15) is 19.1 Å². The standard InChI is InChI=1S/C23H24FN3O3/c1-2-3-15-4-6-16(7-5-15)22-19-12-26(13-21(29)27(19)20(22)14-28)23(30)25-18-10-8-17(24)9-11-18/h2-11,19-20,22,28H,12-14H2,1H3,(H,25,30)/b3-2+/t19-,20+,22+/m1/s1. The van der Waals surface area contributed by atoms with E-state index >= 15 is 0 Å². The number of benzene rings is 2. The van der Waals surface area contributed by atoms with Crippen molar-refractivity contribution in [1.29, 1.82) is 0 Å². The number of fused-ring (bicyclic) bond motifs is 1. The predicted molar refractivity (Wildman–Crippen MR) is 112 cm³/mol. The molecule has 2 aromatic rings. The van der Waals surface area contributed by atoms with Crippen molar-refractivity contribution < 1.29 is 19.1 Å². The molecule has 156 valence electrons. The number of piperazine rings is 1. The molecule has 6 nitrogen and oxygen atoms in total. The minimum atomic E-state index is -0.399. The van der Waals surface area contributed by atoms with E-state index in [4.69, 9.17) is 0 Å². The average Bonchev–Trinajstić information content (AvgIpc) is 2.72. The van der Waals surface area contributed by atoms with Crippen LogP contribution in [0.25, 0.3) is 6.08 Å². The Labute approximate surface area is 174 Å². The molecule has 0 aliphatic carbocycles. The van der Waals surface area contributed by atoms with Crippen LogP contribution < -0.4 is 5.32 Å². The maximum Gasteiger partial charge on any atom is 0.322 e.